The van der Waals surface area contributed by atoms with Crippen LogP contribution in [0.3, 0.4) is 0 Å². The highest BCUT2D eigenvalue weighted by atomic mass is 35.5. The standard InChI is InChI=1S/C21H18Cl2FN3O4S/c1-11-14(22)8-15(23)19(25-11)26-17(28)9-31-20(30)16-10-32-21(7-6-18(29)27(16)21)12-2-4-13(24)5-3-12/h2-5,8,16H,6-7,9-10H2,1H3,(H,25,26,28)/t16-,21+/m0/s1. The number of hydrogen-bond donors (Lipinski definition) is 1. The van der Waals surface area contributed by atoms with Gasteiger partial charge in [-0.15, -0.1) is 11.8 Å². The Bertz CT molecular complexity index is 1100. The number of halogens is 3. The van der Waals surface area contributed by atoms with E-state index in [1.54, 1.807) is 19.1 Å². The summed E-state index contributed by atoms with van der Waals surface area (Å²) in [6.07, 6.45) is 0.779. The molecule has 1 N–H and O–H groups in total. The second kappa shape index (κ2) is 8.88. The number of hydrogen-bond acceptors (Lipinski definition) is 6. The first-order valence-electron chi connectivity index (χ1n) is 9.72. The van der Waals surface area contributed by atoms with E-state index in [9.17, 15) is 18.8 Å². The average Bonchev–Trinajstić information content (AvgIpc) is 3.30. The number of anilines is 1. The lowest BCUT2D eigenvalue weighted by molar-refractivity contribution is -0.155. The largest absolute Gasteiger partial charge is 0.454 e. The molecule has 0 unspecified atom stereocenters. The van der Waals surface area contributed by atoms with Crippen LogP contribution in [0, 0.1) is 12.7 Å². The first-order chi connectivity index (χ1) is 15.2. The third-order valence-corrected chi connectivity index (χ3v) is 7.67. The molecule has 3 heterocycles. The summed E-state index contributed by atoms with van der Waals surface area (Å²) in [4.78, 5) is 42.5. The Balaban J connectivity index is 1.43. The second-order valence-corrected chi connectivity index (χ2v) is 9.54. The number of pyridine rings is 1. The molecule has 2 saturated heterocycles. The van der Waals surface area contributed by atoms with Crippen LogP contribution in [-0.4, -0.2) is 46.1 Å². The van der Waals surface area contributed by atoms with Crippen molar-refractivity contribution in [3.8, 4) is 0 Å². The third-order valence-electron chi connectivity index (χ3n) is 5.40. The van der Waals surface area contributed by atoms with E-state index in [4.69, 9.17) is 27.9 Å². The van der Waals surface area contributed by atoms with Gasteiger partial charge >= 0.3 is 5.97 Å². The van der Waals surface area contributed by atoms with Crippen LogP contribution in [0.5, 0.6) is 0 Å². The minimum atomic E-state index is -0.840. The SMILES string of the molecule is Cc1nc(NC(=O)COC(=O)[C@@H]2CS[C@@]3(c4ccc(F)cc4)CCC(=O)N23)c(Cl)cc1Cl. The van der Waals surface area contributed by atoms with Gasteiger partial charge < -0.3 is 15.0 Å². The molecule has 2 aliphatic heterocycles. The highest BCUT2D eigenvalue weighted by molar-refractivity contribution is 8.00. The van der Waals surface area contributed by atoms with Crippen LogP contribution in [0.1, 0.15) is 24.1 Å². The summed E-state index contributed by atoms with van der Waals surface area (Å²) in [5.41, 5.74) is 1.23. The van der Waals surface area contributed by atoms with Gasteiger partial charge in [-0.2, -0.15) is 0 Å². The Labute approximate surface area is 197 Å². The number of amides is 2. The van der Waals surface area contributed by atoms with Crippen LogP contribution in [0.15, 0.2) is 30.3 Å². The molecule has 2 amide bonds. The van der Waals surface area contributed by atoms with Crippen molar-refractivity contribution in [2.24, 2.45) is 0 Å². The van der Waals surface area contributed by atoms with Crippen LogP contribution < -0.4 is 5.32 Å². The zero-order valence-corrected chi connectivity index (χ0v) is 19.2. The predicted octanol–water partition coefficient (Wildman–Crippen LogP) is 3.91. The molecule has 0 saturated carbocycles. The first-order valence-corrected chi connectivity index (χ1v) is 11.5. The number of carbonyl (C=O) groups is 3. The van der Waals surface area contributed by atoms with Crippen molar-refractivity contribution in [3.63, 3.8) is 0 Å². The summed E-state index contributed by atoms with van der Waals surface area (Å²) in [6, 6.07) is 6.53. The number of ether oxygens (including phenoxy) is 1. The summed E-state index contributed by atoms with van der Waals surface area (Å²) >= 11 is 13.4. The van der Waals surface area contributed by atoms with Gasteiger partial charge in [0.15, 0.2) is 12.4 Å². The molecule has 11 heteroatoms. The summed E-state index contributed by atoms with van der Waals surface area (Å²) in [5.74, 6) is -1.45. The molecule has 2 aromatic rings. The Morgan fingerprint density at radius 2 is 2.03 bits per heavy atom. The molecular weight excluding hydrogens is 480 g/mol. The number of carbonyl (C=O) groups excluding carboxylic acids is 3. The summed E-state index contributed by atoms with van der Waals surface area (Å²) < 4.78 is 18.6. The van der Waals surface area contributed by atoms with E-state index in [1.165, 1.54) is 34.9 Å². The topological polar surface area (TPSA) is 88.6 Å². The number of aryl methyl sites for hydroxylation is 1. The monoisotopic (exact) mass is 497 g/mol. The van der Waals surface area contributed by atoms with Crippen molar-refractivity contribution in [2.45, 2.75) is 30.7 Å². The maximum Gasteiger partial charge on any atom is 0.330 e. The van der Waals surface area contributed by atoms with Gasteiger partial charge in [0.1, 0.15) is 16.7 Å². The third kappa shape index (κ3) is 4.16. The van der Waals surface area contributed by atoms with Crippen LogP contribution in [0.4, 0.5) is 10.2 Å². The van der Waals surface area contributed by atoms with Crippen molar-refractivity contribution >= 4 is 58.6 Å². The lowest BCUT2D eigenvalue weighted by Crippen LogP contribution is -2.47. The van der Waals surface area contributed by atoms with E-state index >= 15 is 0 Å². The van der Waals surface area contributed by atoms with Crippen molar-refractivity contribution < 1.29 is 23.5 Å². The maximum atomic E-state index is 13.4. The number of nitrogens with one attached hydrogen (secondary N) is 1. The molecule has 0 spiro atoms. The number of thioether (sulfide) groups is 1. The molecule has 0 aliphatic carbocycles. The molecule has 2 aliphatic rings. The molecule has 0 bridgehead atoms. The number of nitrogens with zero attached hydrogens (tertiary/aromatic N) is 2. The van der Waals surface area contributed by atoms with Gasteiger partial charge in [0.2, 0.25) is 5.91 Å². The van der Waals surface area contributed by atoms with E-state index in [0.29, 0.717) is 22.9 Å². The highest BCUT2D eigenvalue weighted by Gasteiger charge is 2.57. The molecule has 168 valence electrons. The average molecular weight is 498 g/mol. The molecule has 1 aromatic carbocycles. The Morgan fingerprint density at radius 3 is 2.75 bits per heavy atom. The van der Waals surface area contributed by atoms with E-state index < -0.39 is 29.4 Å². The van der Waals surface area contributed by atoms with E-state index in [2.05, 4.69) is 10.3 Å². The van der Waals surface area contributed by atoms with Crippen LogP contribution in [0.2, 0.25) is 10.0 Å². The zero-order valence-electron chi connectivity index (χ0n) is 16.9. The van der Waals surface area contributed by atoms with E-state index in [0.717, 1.165) is 5.56 Å². The highest BCUT2D eigenvalue weighted by Crippen LogP contribution is 2.54. The van der Waals surface area contributed by atoms with E-state index in [-0.39, 0.29) is 29.0 Å². The Kier molecular flexibility index (Phi) is 6.33. The quantitative estimate of drug-likeness (QED) is 0.630. The van der Waals surface area contributed by atoms with Gasteiger partial charge in [-0.25, -0.2) is 14.2 Å². The lowest BCUT2D eigenvalue weighted by atomic mass is 10.0. The fourth-order valence-electron chi connectivity index (χ4n) is 3.88. The molecular formula is C21H18Cl2FN3O4S. The fourth-order valence-corrected chi connectivity index (χ4v) is 5.92. The minimum Gasteiger partial charge on any atom is -0.454 e. The molecule has 2 fully saturated rings. The van der Waals surface area contributed by atoms with Gasteiger partial charge in [-0.05, 0) is 37.1 Å². The van der Waals surface area contributed by atoms with Crippen LogP contribution in [-0.2, 0) is 24.0 Å². The van der Waals surface area contributed by atoms with Crippen LogP contribution >= 0.6 is 35.0 Å². The van der Waals surface area contributed by atoms with Gasteiger partial charge in [0.25, 0.3) is 5.91 Å². The van der Waals surface area contributed by atoms with Crippen molar-refractivity contribution in [3.05, 3.63) is 57.5 Å². The number of rotatable bonds is 5. The van der Waals surface area contributed by atoms with Gasteiger partial charge in [-0.1, -0.05) is 35.3 Å². The molecule has 1 aromatic heterocycles. The predicted molar refractivity (Wildman–Crippen MR) is 119 cm³/mol. The molecule has 0 radical (unpaired) electrons. The number of aromatic nitrogens is 1. The lowest BCUT2D eigenvalue weighted by Gasteiger charge is -2.33. The zero-order chi connectivity index (χ0) is 23.0. The summed E-state index contributed by atoms with van der Waals surface area (Å²) in [7, 11) is 0. The molecule has 7 nitrogen and oxygen atoms in total. The number of fused-ring (bicyclic) bond motifs is 1. The molecule has 4 rings (SSSR count). The Morgan fingerprint density at radius 1 is 1.31 bits per heavy atom. The van der Waals surface area contributed by atoms with Crippen molar-refractivity contribution in [1.29, 1.82) is 0 Å². The van der Waals surface area contributed by atoms with Crippen molar-refractivity contribution in [1.82, 2.24) is 9.88 Å². The summed E-state index contributed by atoms with van der Waals surface area (Å²) in [6.45, 7) is 1.10. The first kappa shape index (κ1) is 22.8. The molecule has 32 heavy (non-hydrogen) atoms. The fraction of sp³-hybridized carbons (Fsp3) is 0.333. The smallest absolute Gasteiger partial charge is 0.330 e. The van der Waals surface area contributed by atoms with Gasteiger partial charge in [0.05, 0.1) is 15.7 Å². The normalized spacial score (nSPS) is 22.1. The number of benzene rings is 1. The molecule has 2 atom stereocenters. The second-order valence-electron chi connectivity index (χ2n) is 7.42. The van der Waals surface area contributed by atoms with E-state index in [1.807, 2.05) is 0 Å². The van der Waals surface area contributed by atoms with Crippen molar-refractivity contribution in [2.75, 3.05) is 17.7 Å². The van der Waals surface area contributed by atoms with Gasteiger partial charge in [0, 0.05) is 12.2 Å². The number of esters is 1. The summed E-state index contributed by atoms with van der Waals surface area (Å²) in [5, 5.41) is 2.99. The van der Waals surface area contributed by atoms with Gasteiger partial charge in [-0.3, -0.25) is 9.59 Å². The maximum absolute atomic E-state index is 13.4. The van der Waals surface area contributed by atoms with Crippen LogP contribution in [0.25, 0.3) is 0 Å². The minimum absolute atomic E-state index is 0.107. The Hall–Kier alpha value is -2.36.